The van der Waals surface area contributed by atoms with Crippen LogP contribution < -0.4 is 4.18 Å². The molecule has 0 aliphatic heterocycles. The number of nitrogens with zero attached hydrogens (tertiary/aromatic N) is 1. The first-order chi connectivity index (χ1) is 13.3. The maximum atomic E-state index is 13.2. The number of furan rings is 1. The molecule has 0 aliphatic rings. The van der Waals surface area contributed by atoms with Crippen LogP contribution in [0.5, 0.6) is 5.75 Å². The lowest BCUT2D eigenvalue weighted by molar-refractivity contribution is 0.0717. The average Bonchev–Trinajstić information content (AvgIpc) is 3.15. The monoisotopic (exact) mass is 403 g/mol. The Labute approximate surface area is 162 Å². The molecule has 0 fully saturated rings. The molecule has 2 aromatic carbocycles. The van der Waals surface area contributed by atoms with Crippen molar-refractivity contribution in [2.24, 2.45) is 0 Å². The topological polar surface area (TPSA) is 76.8 Å². The highest BCUT2D eigenvalue weighted by molar-refractivity contribution is 7.86. The normalized spacial score (nSPS) is 11.2. The zero-order valence-electron chi connectivity index (χ0n) is 15.0. The van der Waals surface area contributed by atoms with Gasteiger partial charge in [-0.2, -0.15) is 8.42 Å². The number of benzene rings is 2. The first-order valence-electron chi connectivity index (χ1n) is 8.36. The summed E-state index contributed by atoms with van der Waals surface area (Å²) in [7, 11) is -3.61. The zero-order valence-corrected chi connectivity index (χ0v) is 15.9. The molecule has 1 aromatic heterocycles. The molecule has 1 heterocycles. The van der Waals surface area contributed by atoms with Gasteiger partial charge in [-0.05, 0) is 54.1 Å². The van der Waals surface area contributed by atoms with E-state index in [-0.39, 0.29) is 24.7 Å². The number of hydrogen-bond acceptors (Lipinski definition) is 5. The third kappa shape index (κ3) is 5.43. The predicted molar refractivity (Wildman–Crippen MR) is 101 cm³/mol. The Balaban J connectivity index is 1.80. The van der Waals surface area contributed by atoms with Gasteiger partial charge >= 0.3 is 10.1 Å². The molecule has 0 atom stereocenters. The van der Waals surface area contributed by atoms with Crippen molar-refractivity contribution >= 4 is 16.0 Å². The summed E-state index contributed by atoms with van der Waals surface area (Å²) in [6.07, 6.45) is 2.49. The molecule has 3 rings (SSSR count). The number of halogens is 1. The van der Waals surface area contributed by atoms with Crippen LogP contribution in [0.1, 0.15) is 21.7 Å². The molecule has 0 saturated heterocycles. The van der Waals surface area contributed by atoms with Crippen LogP contribution >= 0.6 is 0 Å². The van der Waals surface area contributed by atoms with E-state index < -0.39 is 15.9 Å². The molecule has 3 aromatic rings. The number of carbonyl (C=O) groups excluding carboxylic acids is 1. The zero-order chi connectivity index (χ0) is 20.1. The maximum Gasteiger partial charge on any atom is 0.306 e. The summed E-state index contributed by atoms with van der Waals surface area (Å²) in [5.74, 6) is 0.0876. The van der Waals surface area contributed by atoms with Crippen molar-refractivity contribution in [2.45, 2.75) is 13.1 Å². The van der Waals surface area contributed by atoms with Crippen molar-refractivity contribution in [3.05, 3.63) is 89.6 Å². The van der Waals surface area contributed by atoms with Crippen molar-refractivity contribution < 1.29 is 26.2 Å². The van der Waals surface area contributed by atoms with Gasteiger partial charge in [0.05, 0.1) is 19.1 Å². The standard InChI is InChI=1S/C20H18FNO5S/c1-28(24,25)27-18-10-4-15(5-11-18)13-22(14-19-3-2-12-26-19)20(23)16-6-8-17(21)9-7-16/h2-12H,13-14H2,1H3. The summed E-state index contributed by atoms with van der Waals surface area (Å²) in [6, 6.07) is 15.2. The summed E-state index contributed by atoms with van der Waals surface area (Å²) in [4.78, 5) is 14.5. The van der Waals surface area contributed by atoms with Crippen LogP contribution in [-0.2, 0) is 23.2 Å². The minimum absolute atomic E-state index is 0.189. The number of rotatable bonds is 7. The summed E-state index contributed by atoms with van der Waals surface area (Å²) >= 11 is 0. The molecule has 8 heteroatoms. The Morgan fingerprint density at radius 1 is 1.04 bits per heavy atom. The molecule has 0 spiro atoms. The van der Waals surface area contributed by atoms with E-state index in [4.69, 9.17) is 8.60 Å². The lowest BCUT2D eigenvalue weighted by atomic mass is 10.1. The molecule has 0 radical (unpaired) electrons. The number of carbonyl (C=O) groups is 1. The van der Waals surface area contributed by atoms with Gasteiger partial charge in [0.15, 0.2) is 0 Å². The van der Waals surface area contributed by atoms with Crippen LogP contribution in [0.15, 0.2) is 71.3 Å². The van der Waals surface area contributed by atoms with Crippen molar-refractivity contribution in [1.29, 1.82) is 0 Å². The summed E-state index contributed by atoms with van der Waals surface area (Å²) in [5, 5.41) is 0. The Morgan fingerprint density at radius 2 is 1.71 bits per heavy atom. The fourth-order valence-corrected chi connectivity index (χ4v) is 3.07. The molecule has 1 amide bonds. The molecule has 146 valence electrons. The fraction of sp³-hybridized carbons (Fsp3) is 0.150. The number of amides is 1. The minimum Gasteiger partial charge on any atom is -0.467 e. The van der Waals surface area contributed by atoms with E-state index in [1.165, 1.54) is 42.7 Å². The fourth-order valence-electron chi connectivity index (χ4n) is 2.61. The number of hydrogen-bond donors (Lipinski definition) is 0. The third-order valence-electron chi connectivity index (χ3n) is 3.85. The quantitative estimate of drug-likeness (QED) is 0.564. The first-order valence-corrected chi connectivity index (χ1v) is 10.2. The lowest BCUT2D eigenvalue weighted by Gasteiger charge is -2.22. The second-order valence-corrected chi connectivity index (χ2v) is 7.75. The Hall–Kier alpha value is -3.13. The van der Waals surface area contributed by atoms with Crippen LogP contribution in [0.25, 0.3) is 0 Å². The second-order valence-electron chi connectivity index (χ2n) is 6.18. The molecule has 0 bridgehead atoms. The highest BCUT2D eigenvalue weighted by Gasteiger charge is 2.18. The molecular formula is C20H18FNO5S. The van der Waals surface area contributed by atoms with Crippen molar-refractivity contribution in [2.75, 3.05) is 6.26 Å². The Bertz CT molecular complexity index is 1030. The van der Waals surface area contributed by atoms with Crippen molar-refractivity contribution in [3.63, 3.8) is 0 Å². The van der Waals surface area contributed by atoms with Gasteiger partial charge in [0.1, 0.15) is 17.3 Å². The molecule has 0 unspecified atom stereocenters. The molecule has 0 saturated carbocycles. The maximum absolute atomic E-state index is 13.2. The predicted octanol–water partition coefficient (Wildman–Crippen LogP) is 3.60. The molecule has 0 N–H and O–H groups in total. The van der Waals surface area contributed by atoms with E-state index in [0.717, 1.165) is 11.8 Å². The van der Waals surface area contributed by atoms with Gasteiger partial charge in [0, 0.05) is 12.1 Å². The van der Waals surface area contributed by atoms with Crippen molar-refractivity contribution in [1.82, 2.24) is 4.90 Å². The lowest BCUT2D eigenvalue weighted by Crippen LogP contribution is -2.30. The largest absolute Gasteiger partial charge is 0.467 e. The summed E-state index contributed by atoms with van der Waals surface area (Å²) in [6.45, 7) is 0.473. The van der Waals surface area contributed by atoms with Gasteiger partial charge in [-0.15, -0.1) is 0 Å². The van der Waals surface area contributed by atoms with Crippen molar-refractivity contribution in [3.8, 4) is 5.75 Å². The van der Waals surface area contributed by atoms with Crippen LogP contribution in [0.4, 0.5) is 4.39 Å². The van der Waals surface area contributed by atoms with E-state index in [1.807, 2.05) is 0 Å². The summed E-state index contributed by atoms with van der Waals surface area (Å²) in [5.41, 5.74) is 1.12. The van der Waals surface area contributed by atoms with E-state index in [2.05, 4.69) is 0 Å². The third-order valence-corrected chi connectivity index (χ3v) is 4.34. The van der Waals surface area contributed by atoms with E-state index >= 15 is 0 Å². The summed E-state index contributed by atoms with van der Waals surface area (Å²) < 4.78 is 45.7. The van der Waals surface area contributed by atoms with Gasteiger partial charge in [0.25, 0.3) is 5.91 Å². The average molecular weight is 403 g/mol. The van der Waals surface area contributed by atoms with Gasteiger partial charge in [-0.3, -0.25) is 4.79 Å². The highest BCUT2D eigenvalue weighted by Crippen LogP contribution is 2.18. The molecular weight excluding hydrogens is 385 g/mol. The van der Waals surface area contributed by atoms with E-state index in [1.54, 1.807) is 29.2 Å². The highest BCUT2D eigenvalue weighted by atomic mass is 32.2. The van der Waals surface area contributed by atoms with Crippen LogP contribution in [-0.4, -0.2) is 25.5 Å². The molecule has 0 aliphatic carbocycles. The first kappa shape index (κ1) is 19.6. The van der Waals surface area contributed by atoms with Crippen LogP contribution in [0.2, 0.25) is 0 Å². The molecule has 28 heavy (non-hydrogen) atoms. The van der Waals surface area contributed by atoms with Gasteiger partial charge in [0.2, 0.25) is 0 Å². The Morgan fingerprint density at radius 3 is 2.29 bits per heavy atom. The second kappa shape index (κ2) is 8.26. The SMILES string of the molecule is CS(=O)(=O)Oc1ccc(CN(Cc2ccco2)C(=O)c2ccc(F)cc2)cc1. The minimum atomic E-state index is -3.61. The van der Waals surface area contributed by atoms with E-state index in [0.29, 0.717) is 11.3 Å². The van der Waals surface area contributed by atoms with Crippen LogP contribution in [0.3, 0.4) is 0 Å². The van der Waals surface area contributed by atoms with Gasteiger partial charge in [-0.1, -0.05) is 12.1 Å². The smallest absolute Gasteiger partial charge is 0.306 e. The van der Waals surface area contributed by atoms with Gasteiger partial charge < -0.3 is 13.5 Å². The van der Waals surface area contributed by atoms with Crippen LogP contribution in [0, 0.1) is 5.82 Å². The van der Waals surface area contributed by atoms with E-state index in [9.17, 15) is 17.6 Å². The Kier molecular flexibility index (Phi) is 5.79. The molecule has 6 nitrogen and oxygen atoms in total. The van der Waals surface area contributed by atoms with Gasteiger partial charge in [-0.25, -0.2) is 4.39 Å².